The molecule has 2 N–H and O–H groups in total. The lowest BCUT2D eigenvalue weighted by molar-refractivity contribution is 0.271. The summed E-state index contributed by atoms with van der Waals surface area (Å²) in [6.45, 7) is 2.14. The van der Waals surface area contributed by atoms with E-state index in [1.807, 2.05) is 6.07 Å². The van der Waals surface area contributed by atoms with Gasteiger partial charge in [-0.15, -0.1) is 0 Å². The van der Waals surface area contributed by atoms with E-state index in [4.69, 9.17) is 9.88 Å². The van der Waals surface area contributed by atoms with Gasteiger partial charge in [-0.1, -0.05) is 19.4 Å². The van der Waals surface area contributed by atoms with Gasteiger partial charge in [-0.25, -0.2) is 13.6 Å². The number of nitrogens with two attached hydrogens (primary N) is 1. The number of hydrogen-bond donors (Lipinski definition) is 1. The molecule has 1 aromatic carbocycles. The molecule has 0 atom stereocenters. The minimum Gasteiger partial charge on any atom is -0.495 e. The van der Waals surface area contributed by atoms with Crippen molar-refractivity contribution in [1.82, 2.24) is 0 Å². The molecule has 17 heavy (non-hydrogen) atoms. The van der Waals surface area contributed by atoms with Crippen LogP contribution in [-0.2, 0) is 15.4 Å². The zero-order valence-electron chi connectivity index (χ0n) is 10.1. The standard InChI is InChI=1S/C12H17NO3S/c1-12(6-3-7-12)9-4-5-10(16-2)11(8-9)17(13,14)15/h4-5,8H,3,6-7H2,1-2H3,(H2,13,14,15). The summed E-state index contributed by atoms with van der Waals surface area (Å²) in [7, 11) is -2.30. The minimum absolute atomic E-state index is 0.0747. The number of sulfonamides is 1. The molecule has 0 radical (unpaired) electrons. The molecule has 1 aromatic rings. The molecular weight excluding hydrogens is 238 g/mol. The van der Waals surface area contributed by atoms with Gasteiger partial charge < -0.3 is 4.74 Å². The van der Waals surface area contributed by atoms with Crippen molar-refractivity contribution < 1.29 is 13.2 Å². The van der Waals surface area contributed by atoms with Gasteiger partial charge in [0.25, 0.3) is 0 Å². The highest BCUT2D eigenvalue weighted by atomic mass is 32.2. The second-order valence-electron chi connectivity index (χ2n) is 4.82. The molecule has 1 fully saturated rings. The fourth-order valence-corrected chi connectivity index (χ4v) is 2.99. The number of benzene rings is 1. The van der Waals surface area contributed by atoms with Crippen molar-refractivity contribution in [2.75, 3.05) is 7.11 Å². The van der Waals surface area contributed by atoms with E-state index in [0.29, 0.717) is 5.75 Å². The van der Waals surface area contributed by atoms with Gasteiger partial charge in [-0.05, 0) is 36.0 Å². The van der Waals surface area contributed by atoms with E-state index in [0.717, 1.165) is 18.4 Å². The molecule has 1 aliphatic carbocycles. The fourth-order valence-electron chi connectivity index (χ4n) is 2.27. The van der Waals surface area contributed by atoms with Gasteiger partial charge in [0.15, 0.2) is 0 Å². The maximum Gasteiger partial charge on any atom is 0.241 e. The second-order valence-corrected chi connectivity index (χ2v) is 6.35. The Kier molecular flexibility index (Phi) is 2.91. The van der Waals surface area contributed by atoms with E-state index < -0.39 is 10.0 Å². The molecule has 1 saturated carbocycles. The van der Waals surface area contributed by atoms with Crippen molar-refractivity contribution in [2.45, 2.75) is 36.5 Å². The number of ether oxygens (including phenoxy) is 1. The maximum atomic E-state index is 11.5. The summed E-state index contributed by atoms with van der Waals surface area (Å²) < 4.78 is 28.0. The summed E-state index contributed by atoms with van der Waals surface area (Å²) >= 11 is 0. The average molecular weight is 255 g/mol. The molecule has 0 aromatic heterocycles. The second kappa shape index (κ2) is 3.99. The zero-order chi connectivity index (χ0) is 12.7. The molecule has 0 amide bonds. The number of primary sulfonamides is 1. The molecule has 0 saturated heterocycles. The summed E-state index contributed by atoms with van der Waals surface area (Å²) in [5.74, 6) is 0.305. The molecule has 94 valence electrons. The lowest BCUT2D eigenvalue weighted by Crippen LogP contribution is -2.30. The Balaban J connectivity index is 2.53. The van der Waals surface area contributed by atoms with Crippen molar-refractivity contribution in [3.05, 3.63) is 23.8 Å². The quantitative estimate of drug-likeness (QED) is 0.895. The highest BCUT2D eigenvalue weighted by molar-refractivity contribution is 7.89. The first-order chi connectivity index (χ1) is 7.87. The van der Waals surface area contributed by atoms with E-state index in [9.17, 15) is 8.42 Å². The van der Waals surface area contributed by atoms with Crippen LogP contribution in [0.3, 0.4) is 0 Å². The van der Waals surface area contributed by atoms with Crippen LogP contribution in [0.2, 0.25) is 0 Å². The largest absolute Gasteiger partial charge is 0.495 e. The van der Waals surface area contributed by atoms with Crippen molar-refractivity contribution in [1.29, 1.82) is 0 Å². The topological polar surface area (TPSA) is 69.4 Å². The first-order valence-corrected chi connectivity index (χ1v) is 7.13. The summed E-state index contributed by atoms with van der Waals surface area (Å²) in [6, 6.07) is 5.25. The zero-order valence-corrected chi connectivity index (χ0v) is 10.9. The van der Waals surface area contributed by atoms with Crippen LogP contribution in [0.4, 0.5) is 0 Å². The molecule has 0 bridgehead atoms. The van der Waals surface area contributed by atoms with Gasteiger partial charge in [0.1, 0.15) is 10.6 Å². The van der Waals surface area contributed by atoms with Crippen molar-refractivity contribution in [3.8, 4) is 5.75 Å². The van der Waals surface area contributed by atoms with Crippen LogP contribution < -0.4 is 9.88 Å². The van der Waals surface area contributed by atoms with Crippen molar-refractivity contribution >= 4 is 10.0 Å². The SMILES string of the molecule is COc1ccc(C2(C)CCC2)cc1S(N)(=O)=O. The van der Waals surface area contributed by atoms with E-state index in [2.05, 4.69) is 6.92 Å². The highest BCUT2D eigenvalue weighted by Crippen LogP contribution is 2.44. The van der Waals surface area contributed by atoms with Crippen molar-refractivity contribution in [3.63, 3.8) is 0 Å². The molecule has 0 aliphatic heterocycles. The Morgan fingerprint density at radius 3 is 2.41 bits per heavy atom. The maximum absolute atomic E-state index is 11.5. The van der Waals surface area contributed by atoms with Crippen LogP contribution in [0.1, 0.15) is 31.7 Å². The Morgan fingerprint density at radius 2 is 2.00 bits per heavy atom. The van der Waals surface area contributed by atoms with Crippen LogP contribution in [-0.4, -0.2) is 15.5 Å². The molecule has 0 spiro atoms. The van der Waals surface area contributed by atoms with E-state index in [1.54, 1.807) is 12.1 Å². The Hall–Kier alpha value is -1.07. The predicted octanol–water partition coefficient (Wildman–Crippen LogP) is 1.78. The lowest BCUT2D eigenvalue weighted by atomic mass is 9.66. The molecule has 1 aliphatic rings. The monoisotopic (exact) mass is 255 g/mol. The van der Waals surface area contributed by atoms with E-state index in [-0.39, 0.29) is 10.3 Å². The molecule has 4 nitrogen and oxygen atoms in total. The summed E-state index contributed by atoms with van der Waals surface area (Å²) in [5, 5.41) is 5.20. The van der Waals surface area contributed by atoms with Crippen LogP contribution in [0.15, 0.2) is 23.1 Å². The Morgan fingerprint density at radius 1 is 1.35 bits per heavy atom. The molecule has 2 rings (SSSR count). The summed E-state index contributed by atoms with van der Waals surface area (Å²) in [6.07, 6.45) is 3.36. The fraction of sp³-hybridized carbons (Fsp3) is 0.500. The van der Waals surface area contributed by atoms with Crippen LogP contribution in [0, 0.1) is 0 Å². The minimum atomic E-state index is -3.74. The first kappa shape index (κ1) is 12.4. The third-order valence-electron chi connectivity index (χ3n) is 3.62. The van der Waals surface area contributed by atoms with Gasteiger partial charge >= 0.3 is 0 Å². The number of rotatable bonds is 3. The summed E-state index contributed by atoms with van der Waals surface area (Å²) in [4.78, 5) is 0.0747. The van der Waals surface area contributed by atoms with Crippen molar-refractivity contribution in [2.24, 2.45) is 5.14 Å². The third kappa shape index (κ3) is 2.17. The molecular formula is C12H17NO3S. The van der Waals surface area contributed by atoms with Gasteiger partial charge in [0.05, 0.1) is 7.11 Å². The predicted molar refractivity (Wildman–Crippen MR) is 65.6 cm³/mol. The molecule has 5 heteroatoms. The van der Waals surface area contributed by atoms with Gasteiger partial charge in [-0.2, -0.15) is 0 Å². The summed E-state index contributed by atoms with van der Waals surface area (Å²) in [5.41, 5.74) is 1.11. The van der Waals surface area contributed by atoms with E-state index in [1.165, 1.54) is 13.5 Å². The smallest absolute Gasteiger partial charge is 0.241 e. The average Bonchev–Trinajstić information content (AvgIpc) is 2.24. The molecule has 0 unspecified atom stereocenters. The highest BCUT2D eigenvalue weighted by Gasteiger charge is 2.34. The van der Waals surface area contributed by atoms with Crippen LogP contribution >= 0.6 is 0 Å². The number of methoxy groups -OCH3 is 1. The lowest BCUT2D eigenvalue weighted by Gasteiger charge is -2.39. The van der Waals surface area contributed by atoms with Crippen LogP contribution in [0.5, 0.6) is 5.75 Å². The normalized spacial score (nSPS) is 18.5. The number of hydrogen-bond acceptors (Lipinski definition) is 3. The van der Waals surface area contributed by atoms with Gasteiger partial charge in [0, 0.05) is 0 Å². The Bertz CT molecular complexity index is 533. The van der Waals surface area contributed by atoms with Gasteiger partial charge in [0.2, 0.25) is 10.0 Å². The third-order valence-corrected chi connectivity index (χ3v) is 4.56. The van der Waals surface area contributed by atoms with E-state index >= 15 is 0 Å². The molecule has 0 heterocycles. The Labute approximate surface area is 102 Å². The first-order valence-electron chi connectivity index (χ1n) is 5.58. The van der Waals surface area contributed by atoms with Gasteiger partial charge in [-0.3, -0.25) is 0 Å². The van der Waals surface area contributed by atoms with Crippen LogP contribution in [0.25, 0.3) is 0 Å².